The Balaban J connectivity index is 2.62. The number of rotatable bonds is 6. The molecule has 19 heavy (non-hydrogen) atoms. The molecule has 0 spiro atoms. The SMILES string of the molecule is CC(=O)N[C@](C)(CCc1ccc(Br)o1)COC(C)=O. The first-order valence-electron chi connectivity index (χ1n) is 5.97. The molecule has 0 bridgehead atoms. The van der Waals surface area contributed by atoms with Gasteiger partial charge in [-0.05, 0) is 41.4 Å². The Kier molecular flexibility index (Phi) is 5.60. The normalized spacial score (nSPS) is 13.7. The Morgan fingerprint density at radius 1 is 1.42 bits per heavy atom. The molecule has 0 aliphatic heterocycles. The number of hydrogen-bond donors (Lipinski definition) is 1. The van der Waals surface area contributed by atoms with Gasteiger partial charge in [-0.25, -0.2) is 0 Å². The summed E-state index contributed by atoms with van der Waals surface area (Å²) in [5, 5.41) is 2.82. The fourth-order valence-electron chi connectivity index (χ4n) is 1.74. The zero-order chi connectivity index (χ0) is 14.5. The number of ether oxygens (including phenoxy) is 1. The van der Waals surface area contributed by atoms with Crippen LogP contribution in [0.2, 0.25) is 0 Å². The van der Waals surface area contributed by atoms with E-state index in [1.165, 1.54) is 13.8 Å². The van der Waals surface area contributed by atoms with Crippen molar-refractivity contribution in [1.82, 2.24) is 5.32 Å². The van der Waals surface area contributed by atoms with E-state index in [4.69, 9.17) is 9.15 Å². The van der Waals surface area contributed by atoms with Gasteiger partial charge in [-0.3, -0.25) is 9.59 Å². The number of carbonyl (C=O) groups is 2. The third kappa shape index (κ3) is 5.92. The average molecular weight is 332 g/mol. The van der Waals surface area contributed by atoms with Gasteiger partial charge in [0.05, 0.1) is 5.54 Å². The van der Waals surface area contributed by atoms with E-state index in [0.29, 0.717) is 17.5 Å². The highest BCUT2D eigenvalue weighted by Crippen LogP contribution is 2.19. The standard InChI is InChI=1S/C13H18BrNO4/c1-9(16)15-13(3,8-18-10(2)17)7-6-11-4-5-12(14)19-11/h4-5H,6-8H2,1-3H3,(H,15,16)/t13-/m1/s1. The molecule has 1 rings (SSSR count). The predicted molar refractivity (Wildman–Crippen MR) is 73.6 cm³/mol. The highest BCUT2D eigenvalue weighted by atomic mass is 79.9. The fraction of sp³-hybridized carbons (Fsp3) is 0.538. The third-order valence-corrected chi connectivity index (χ3v) is 3.05. The number of nitrogens with one attached hydrogen (secondary N) is 1. The molecule has 0 aliphatic rings. The molecule has 1 N–H and O–H groups in total. The molecular formula is C13H18BrNO4. The van der Waals surface area contributed by atoms with Gasteiger partial charge >= 0.3 is 5.97 Å². The summed E-state index contributed by atoms with van der Waals surface area (Å²) in [6.45, 7) is 4.77. The highest BCUT2D eigenvalue weighted by Gasteiger charge is 2.27. The molecular weight excluding hydrogens is 314 g/mol. The fourth-order valence-corrected chi connectivity index (χ4v) is 2.08. The molecule has 0 unspecified atom stereocenters. The average Bonchev–Trinajstić information content (AvgIpc) is 2.69. The highest BCUT2D eigenvalue weighted by molar-refractivity contribution is 9.10. The Morgan fingerprint density at radius 2 is 2.11 bits per heavy atom. The van der Waals surface area contributed by atoms with Gasteiger partial charge in [0.1, 0.15) is 12.4 Å². The second-order valence-corrected chi connectivity index (χ2v) is 5.51. The van der Waals surface area contributed by atoms with Crippen molar-refractivity contribution >= 4 is 27.8 Å². The molecule has 6 heteroatoms. The van der Waals surface area contributed by atoms with E-state index in [0.717, 1.165) is 5.76 Å². The van der Waals surface area contributed by atoms with Crippen LogP contribution in [0.4, 0.5) is 0 Å². The van der Waals surface area contributed by atoms with Gasteiger partial charge in [-0.1, -0.05) is 0 Å². The summed E-state index contributed by atoms with van der Waals surface area (Å²) >= 11 is 3.24. The van der Waals surface area contributed by atoms with Crippen LogP contribution >= 0.6 is 15.9 Å². The number of hydrogen-bond acceptors (Lipinski definition) is 4. The van der Waals surface area contributed by atoms with Crippen LogP contribution in [0.5, 0.6) is 0 Å². The first-order chi connectivity index (χ1) is 8.81. The summed E-state index contributed by atoms with van der Waals surface area (Å²) in [5.41, 5.74) is -0.600. The first kappa shape index (κ1) is 15.8. The van der Waals surface area contributed by atoms with E-state index >= 15 is 0 Å². The van der Waals surface area contributed by atoms with Crippen molar-refractivity contribution in [3.8, 4) is 0 Å². The van der Waals surface area contributed by atoms with E-state index in [2.05, 4.69) is 21.2 Å². The van der Waals surface area contributed by atoms with Crippen molar-refractivity contribution in [2.75, 3.05) is 6.61 Å². The molecule has 1 atom stereocenters. The summed E-state index contributed by atoms with van der Waals surface area (Å²) in [5.74, 6) is 0.291. The van der Waals surface area contributed by atoms with E-state index < -0.39 is 5.54 Å². The van der Waals surface area contributed by atoms with Crippen LogP contribution in [0.3, 0.4) is 0 Å². The van der Waals surface area contributed by atoms with Gasteiger partial charge in [0.15, 0.2) is 4.67 Å². The molecule has 0 aromatic carbocycles. The molecule has 1 amide bonds. The maximum Gasteiger partial charge on any atom is 0.302 e. The predicted octanol–water partition coefficient (Wildman–Crippen LogP) is 2.43. The van der Waals surface area contributed by atoms with Crippen LogP contribution in [0.15, 0.2) is 21.2 Å². The Morgan fingerprint density at radius 3 is 2.58 bits per heavy atom. The zero-order valence-electron chi connectivity index (χ0n) is 11.3. The number of esters is 1. The molecule has 0 radical (unpaired) electrons. The Hall–Kier alpha value is -1.30. The number of aryl methyl sites for hydroxylation is 1. The lowest BCUT2D eigenvalue weighted by atomic mass is 9.96. The van der Waals surface area contributed by atoms with E-state index in [1.54, 1.807) is 0 Å². The second-order valence-electron chi connectivity index (χ2n) is 4.73. The van der Waals surface area contributed by atoms with Crippen LogP contribution in [-0.4, -0.2) is 24.0 Å². The van der Waals surface area contributed by atoms with Crippen molar-refractivity contribution in [3.63, 3.8) is 0 Å². The van der Waals surface area contributed by atoms with Crippen LogP contribution in [-0.2, 0) is 20.7 Å². The molecule has 0 aliphatic carbocycles. The summed E-state index contributed by atoms with van der Waals surface area (Å²) in [4.78, 5) is 22.1. The minimum absolute atomic E-state index is 0.143. The smallest absolute Gasteiger partial charge is 0.302 e. The van der Waals surface area contributed by atoms with Crippen molar-refractivity contribution in [1.29, 1.82) is 0 Å². The van der Waals surface area contributed by atoms with E-state index in [9.17, 15) is 9.59 Å². The van der Waals surface area contributed by atoms with Crippen LogP contribution in [0.1, 0.15) is 33.0 Å². The minimum Gasteiger partial charge on any atom is -0.463 e. The molecule has 1 aromatic heterocycles. The molecule has 0 saturated carbocycles. The Bertz CT molecular complexity index is 457. The van der Waals surface area contributed by atoms with Gasteiger partial charge in [-0.2, -0.15) is 0 Å². The van der Waals surface area contributed by atoms with Gasteiger partial charge in [0.25, 0.3) is 0 Å². The topological polar surface area (TPSA) is 68.5 Å². The lowest BCUT2D eigenvalue weighted by Gasteiger charge is -2.29. The number of furan rings is 1. The van der Waals surface area contributed by atoms with Crippen molar-refractivity contribution < 1.29 is 18.7 Å². The molecule has 0 saturated heterocycles. The third-order valence-electron chi connectivity index (χ3n) is 2.62. The lowest BCUT2D eigenvalue weighted by molar-refractivity contribution is -0.144. The summed E-state index contributed by atoms with van der Waals surface area (Å²) < 4.78 is 11.1. The quantitative estimate of drug-likeness (QED) is 0.813. The van der Waals surface area contributed by atoms with Gasteiger partial charge in [0.2, 0.25) is 5.91 Å². The molecule has 1 aromatic rings. The van der Waals surface area contributed by atoms with Crippen molar-refractivity contribution in [2.24, 2.45) is 0 Å². The number of halogens is 1. The van der Waals surface area contributed by atoms with Crippen LogP contribution in [0.25, 0.3) is 0 Å². The largest absolute Gasteiger partial charge is 0.463 e. The van der Waals surface area contributed by atoms with E-state index in [-0.39, 0.29) is 18.5 Å². The minimum atomic E-state index is -0.600. The van der Waals surface area contributed by atoms with Gasteiger partial charge in [-0.15, -0.1) is 0 Å². The lowest BCUT2D eigenvalue weighted by Crippen LogP contribution is -2.49. The first-order valence-corrected chi connectivity index (χ1v) is 6.76. The summed E-state index contributed by atoms with van der Waals surface area (Å²) in [6, 6.07) is 3.68. The van der Waals surface area contributed by atoms with Crippen molar-refractivity contribution in [3.05, 3.63) is 22.6 Å². The molecule has 0 fully saturated rings. The molecule has 106 valence electrons. The maximum atomic E-state index is 11.2. The number of carbonyl (C=O) groups excluding carboxylic acids is 2. The van der Waals surface area contributed by atoms with Gasteiger partial charge in [0, 0.05) is 20.3 Å². The van der Waals surface area contributed by atoms with Crippen LogP contribution < -0.4 is 5.32 Å². The monoisotopic (exact) mass is 331 g/mol. The van der Waals surface area contributed by atoms with Crippen molar-refractivity contribution in [2.45, 2.75) is 39.2 Å². The maximum absolute atomic E-state index is 11.2. The molecule has 5 nitrogen and oxygen atoms in total. The summed E-state index contributed by atoms with van der Waals surface area (Å²) in [7, 11) is 0. The molecule has 1 heterocycles. The summed E-state index contributed by atoms with van der Waals surface area (Å²) in [6.07, 6.45) is 1.25. The van der Waals surface area contributed by atoms with Gasteiger partial charge < -0.3 is 14.5 Å². The second kappa shape index (κ2) is 6.75. The zero-order valence-corrected chi connectivity index (χ0v) is 12.9. The van der Waals surface area contributed by atoms with E-state index in [1.807, 2.05) is 19.1 Å². The van der Waals surface area contributed by atoms with Crippen LogP contribution in [0, 0.1) is 0 Å². The Labute approximate surface area is 120 Å². The number of amides is 1.